The summed E-state index contributed by atoms with van der Waals surface area (Å²) in [6.07, 6.45) is 2.08. The van der Waals surface area contributed by atoms with E-state index in [1.54, 1.807) is 36.4 Å². The molecule has 43 heavy (non-hydrogen) atoms. The molecule has 4 aromatic rings. The Morgan fingerprint density at radius 2 is 1.14 bits per heavy atom. The third-order valence-electron chi connectivity index (χ3n) is 7.48. The molecule has 0 saturated carbocycles. The summed E-state index contributed by atoms with van der Waals surface area (Å²) in [4.78, 5) is 15.1. The Kier molecular flexibility index (Phi) is 12.9. The average molecular weight is 587 g/mol. The quantitative estimate of drug-likeness (QED) is 0.202. The van der Waals surface area contributed by atoms with Gasteiger partial charge in [-0.3, -0.25) is 9.69 Å². The predicted octanol–water partition coefficient (Wildman–Crippen LogP) is 6.63. The highest BCUT2D eigenvalue weighted by atomic mass is 19.1. The van der Waals surface area contributed by atoms with Gasteiger partial charge in [-0.15, -0.1) is 0 Å². The van der Waals surface area contributed by atoms with Gasteiger partial charge in [0.15, 0.2) is 0 Å². The van der Waals surface area contributed by atoms with Gasteiger partial charge in [-0.2, -0.15) is 0 Å². The molecule has 1 heterocycles. The molecule has 226 valence electrons. The number of aliphatic carboxylic acids is 1. The van der Waals surface area contributed by atoms with Crippen LogP contribution in [0, 0.1) is 11.6 Å². The summed E-state index contributed by atoms with van der Waals surface area (Å²) in [6.45, 7) is 6.77. The Morgan fingerprint density at radius 1 is 0.674 bits per heavy atom. The minimum absolute atomic E-state index is 0.112. The van der Waals surface area contributed by atoms with Gasteiger partial charge in [0, 0.05) is 32.7 Å². The summed E-state index contributed by atoms with van der Waals surface area (Å²) in [7, 11) is 0. The molecule has 5 nitrogen and oxygen atoms in total. The van der Waals surface area contributed by atoms with Crippen LogP contribution >= 0.6 is 0 Å². The molecular weight excluding hydrogens is 546 g/mol. The molecular formula is C36H40F2N2O3. The standard InChI is InChI=1S/C28H32F2N2O.C8H8O2/c29-26-12-8-24(9-13-26)28(25-10-14-27(30)15-11-25)33-22-21-32-19-17-31(18-20-32)16-4-7-23-5-2-1-3-6-23;9-8(10)6-7-4-2-1-3-5-7/h1-3,5-6,8-15,28H,4,7,16-22H2;1-5H,6H2,(H,9,10). The van der Waals surface area contributed by atoms with E-state index >= 15 is 0 Å². The van der Waals surface area contributed by atoms with Crippen molar-refractivity contribution in [2.45, 2.75) is 25.4 Å². The van der Waals surface area contributed by atoms with Crippen LogP contribution in [0.5, 0.6) is 0 Å². The molecule has 1 saturated heterocycles. The van der Waals surface area contributed by atoms with Crippen LogP contribution in [0.1, 0.15) is 34.8 Å². The maximum atomic E-state index is 13.4. The van der Waals surface area contributed by atoms with E-state index in [1.807, 2.05) is 18.2 Å². The van der Waals surface area contributed by atoms with E-state index in [1.165, 1.54) is 36.2 Å². The summed E-state index contributed by atoms with van der Waals surface area (Å²) < 4.78 is 33.0. The molecule has 0 atom stereocenters. The largest absolute Gasteiger partial charge is 0.481 e. The summed E-state index contributed by atoms with van der Waals surface area (Å²) in [6, 6.07) is 32.5. The lowest BCUT2D eigenvalue weighted by molar-refractivity contribution is -0.136. The first-order chi connectivity index (χ1) is 21.0. The first-order valence-corrected chi connectivity index (χ1v) is 14.8. The van der Waals surface area contributed by atoms with Gasteiger partial charge in [0.1, 0.15) is 17.7 Å². The lowest BCUT2D eigenvalue weighted by atomic mass is 10.0. The fourth-order valence-corrected chi connectivity index (χ4v) is 5.12. The van der Waals surface area contributed by atoms with Crippen molar-refractivity contribution < 1.29 is 23.4 Å². The molecule has 1 fully saturated rings. The van der Waals surface area contributed by atoms with E-state index in [-0.39, 0.29) is 24.2 Å². The van der Waals surface area contributed by atoms with Gasteiger partial charge in [0.2, 0.25) is 0 Å². The van der Waals surface area contributed by atoms with E-state index in [0.717, 1.165) is 62.4 Å². The van der Waals surface area contributed by atoms with Crippen molar-refractivity contribution in [3.63, 3.8) is 0 Å². The smallest absolute Gasteiger partial charge is 0.307 e. The second-order valence-electron chi connectivity index (χ2n) is 10.7. The Morgan fingerprint density at radius 3 is 1.63 bits per heavy atom. The zero-order valence-electron chi connectivity index (χ0n) is 24.5. The molecule has 0 bridgehead atoms. The average Bonchev–Trinajstić information content (AvgIpc) is 3.02. The second kappa shape index (κ2) is 17.3. The minimum Gasteiger partial charge on any atom is -0.481 e. The number of hydrogen-bond acceptors (Lipinski definition) is 4. The normalized spacial score (nSPS) is 13.8. The van der Waals surface area contributed by atoms with Crippen LogP contribution in [0.25, 0.3) is 0 Å². The molecule has 1 aliphatic heterocycles. The molecule has 0 aliphatic carbocycles. The molecule has 0 amide bonds. The number of carbonyl (C=O) groups is 1. The fourth-order valence-electron chi connectivity index (χ4n) is 5.12. The highest BCUT2D eigenvalue weighted by Gasteiger charge is 2.19. The monoisotopic (exact) mass is 586 g/mol. The Balaban J connectivity index is 0.000000359. The zero-order chi connectivity index (χ0) is 30.3. The number of nitrogens with zero attached hydrogens (tertiary/aromatic N) is 2. The van der Waals surface area contributed by atoms with Crippen molar-refractivity contribution >= 4 is 5.97 Å². The molecule has 0 spiro atoms. The van der Waals surface area contributed by atoms with E-state index in [0.29, 0.717) is 6.61 Å². The SMILES string of the molecule is Fc1ccc(C(OCCN2CCN(CCCc3ccccc3)CC2)c2ccc(F)cc2)cc1.O=C(O)Cc1ccccc1. The van der Waals surface area contributed by atoms with Crippen LogP contribution in [0.15, 0.2) is 109 Å². The molecule has 0 radical (unpaired) electrons. The number of piperazine rings is 1. The third-order valence-corrected chi connectivity index (χ3v) is 7.48. The molecule has 4 aromatic carbocycles. The van der Waals surface area contributed by atoms with Crippen LogP contribution in [0.4, 0.5) is 8.78 Å². The van der Waals surface area contributed by atoms with Gasteiger partial charge in [0.05, 0.1) is 13.0 Å². The maximum Gasteiger partial charge on any atom is 0.307 e. The molecule has 7 heteroatoms. The third kappa shape index (κ3) is 11.4. The van der Waals surface area contributed by atoms with Crippen LogP contribution in [-0.4, -0.2) is 66.8 Å². The highest BCUT2D eigenvalue weighted by molar-refractivity contribution is 5.70. The number of carboxylic acids is 1. The first kappa shape index (κ1) is 32.0. The van der Waals surface area contributed by atoms with Crippen LogP contribution in [-0.2, 0) is 22.4 Å². The van der Waals surface area contributed by atoms with Crippen molar-refractivity contribution in [1.82, 2.24) is 9.80 Å². The second-order valence-corrected chi connectivity index (χ2v) is 10.7. The highest BCUT2D eigenvalue weighted by Crippen LogP contribution is 2.26. The van der Waals surface area contributed by atoms with Crippen LogP contribution in [0.3, 0.4) is 0 Å². The van der Waals surface area contributed by atoms with Gasteiger partial charge >= 0.3 is 5.97 Å². The molecule has 0 aromatic heterocycles. The number of rotatable bonds is 12. The summed E-state index contributed by atoms with van der Waals surface area (Å²) in [5.74, 6) is -1.34. The van der Waals surface area contributed by atoms with Crippen molar-refractivity contribution in [3.05, 3.63) is 143 Å². The Hall–Kier alpha value is -3.91. The number of aryl methyl sites for hydroxylation is 1. The number of benzene rings is 4. The van der Waals surface area contributed by atoms with Crippen molar-refractivity contribution in [2.24, 2.45) is 0 Å². The number of hydrogen-bond donors (Lipinski definition) is 1. The summed E-state index contributed by atoms with van der Waals surface area (Å²) in [5, 5.41) is 8.37. The van der Waals surface area contributed by atoms with E-state index in [9.17, 15) is 13.6 Å². The topological polar surface area (TPSA) is 53.0 Å². The summed E-state index contributed by atoms with van der Waals surface area (Å²) >= 11 is 0. The molecule has 0 unspecified atom stereocenters. The Bertz CT molecular complexity index is 1300. The predicted molar refractivity (Wildman–Crippen MR) is 166 cm³/mol. The van der Waals surface area contributed by atoms with Crippen molar-refractivity contribution in [3.8, 4) is 0 Å². The number of halogens is 2. The van der Waals surface area contributed by atoms with Gasteiger partial charge < -0.3 is 14.7 Å². The zero-order valence-corrected chi connectivity index (χ0v) is 24.5. The van der Waals surface area contributed by atoms with Gasteiger partial charge in [-0.25, -0.2) is 8.78 Å². The van der Waals surface area contributed by atoms with E-state index < -0.39 is 5.97 Å². The van der Waals surface area contributed by atoms with Crippen molar-refractivity contribution in [1.29, 1.82) is 0 Å². The van der Waals surface area contributed by atoms with Gasteiger partial charge in [0.25, 0.3) is 0 Å². The number of carboxylic acid groups (broad SMARTS) is 1. The minimum atomic E-state index is -0.786. The summed E-state index contributed by atoms with van der Waals surface area (Å²) in [5.41, 5.74) is 3.98. The molecule has 1 N–H and O–H groups in total. The van der Waals surface area contributed by atoms with Crippen LogP contribution in [0.2, 0.25) is 0 Å². The lowest BCUT2D eigenvalue weighted by Gasteiger charge is -2.35. The Labute approximate surface area is 253 Å². The van der Waals surface area contributed by atoms with Gasteiger partial charge in [-0.1, -0.05) is 84.9 Å². The number of ether oxygens (including phenoxy) is 1. The molecule has 1 aliphatic rings. The molecule has 5 rings (SSSR count). The van der Waals surface area contributed by atoms with Gasteiger partial charge in [-0.05, 0) is 65.9 Å². The fraction of sp³-hybridized carbons (Fsp3) is 0.306. The van der Waals surface area contributed by atoms with Crippen LogP contribution < -0.4 is 0 Å². The van der Waals surface area contributed by atoms with E-state index in [2.05, 4.69) is 40.1 Å². The lowest BCUT2D eigenvalue weighted by Crippen LogP contribution is -2.47. The maximum absolute atomic E-state index is 13.4. The van der Waals surface area contributed by atoms with E-state index in [4.69, 9.17) is 9.84 Å². The first-order valence-electron chi connectivity index (χ1n) is 14.8. The van der Waals surface area contributed by atoms with Crippen molar-refractivity contribution in [2.75, 3.05) is 45.9 Å².